The van der Waals surface area contributed by atoms with E-state index in [2.05, 4.69) is 62.7 Å². The fourth-order valence-corrected chi connectivity index (χ4v) is 2.87. The Hall–Kier alpha value is -0.580. The number of halogens is 1. The molecule has 1 unspecified atom stereocenters. The summed E-state index contributed by atoms with van der Waals surface area (Å²) in [4.78, 5) is 4.69. The summed E-state index contributed by atoms with van der Waals surface area (Å²) in [5.41, 5.74) is 2.32. The largest absolute Gasteiger partial charge is 0.268 e. The number of aromatic nitrogens is 2. The van der Waals surface area contributed by atoms with Crippen molar-refractivity contribution in [1.82, 2.24) is 7.76 Å². The first kappa shape index (κ1) is 10.9. The van der Waals surface area contributed by atoms with Gasteiger partial charge in [0, 0.05) is 5.92 Å². The maximum Gasteiger partial charge on any atom is 0.121 e. The van der Waals surface area contributed by atoms with E-state index in [1.54, 1.807) is 0 Å². The number of hydrogen-bond donors (Lipinski definition) is 0. The summed E-state index contributed by atoms with van der Waals surface area (Å²) >= 11 is 2.34. The molecule has 0 aliphatic carbocycles. The molecule has 2 nitrogen and oxygen atoms in total. The molecule has 0 fully saturated rings. The van der Waals surface area contributed by atoms with E-state index in [4.69, 9.17) is 0 Å². The highest BCUT2D eigenvalue weighted by atomic mass is 127. The summed E-state index contributed by atoms with van der Waals surface area (Å²) in [6, 6.07) is 8.30. The van der Waals surface area contributed by atoms with Crippen molar-refractivity contribution >= 4 is 33.9 Å². The van der Waals surface area contributed by atoms with Crippen LogP contribution in [0.4, 0.5) is 0 Å². The van der Waals surface area contributed by atoms with Crippen molar-refractivity contribution in [3.05, 3.63) is 30.1 Å². The second-order valence-corrected chi connectivity index (χ2v) is 4.89. The average Bonchev–Trinajstić information content (AvgIpc) is 2.57. The average molecular weight is 314 g/mol. The van der Waals surface area contributed by atoms with E-state index in [-0.39, 0.29) is 0 Å². The zero-order chi connectivity index (χ0) is 10.8. The Morgan fingerprint density at radius 3 is 2.80 bits per heavy atom. The smallest absolute Gasteiger partial charge is 0.121 e. The second kappa shape index (κ2) is 4.51. The lowest BCUT2D eigenvalue weighted by atomic mass is 10.1. The number of imidazole rings is 1. The first-order valence-corrected chi connectivity index (χ1v) is 6.34. The molecule has 2 aromatic rings. The van der Waals surface area contributed by atoms with Crippen LogP contribution in [-0.2, 0) is 0 Å². The normalized spacial score (nSPS) is 13.3. The summed E-state index contributed by atoms with van der Waals surface area (Å²) < 4.78 is 2.19. The summed E-state index contributed by atoms with van der Waals surface area (Å²) in [6.45, 7) is 4.47. The SMILES string of the molecule is CCCC(C)c1nc2ccccc2n1I. The first-order chi connectivity index (χ1) is 7.24. The van der Waals surface area contributed by atoms with Crippen molar-refractivity contribution in [3.63, 3.8) is 0 Å². The molecule has 0 aliphatic rings. The van der Waals surface area contributed by atoms with Crippen LogP contribution in [0.1, 0.15) is 38.4 Å². The fraction of sp³-hybridized carbons (Fsp3) is 0.417. The Morgan fingerprint density at radius 1 is 1.40 bits per heavy atom. The van der Waals surface area contributed by atoms with Crippen molar-refractivity contribution in [2.75, 3.05) is 0 Å². The van der Waals surface area contributed by atoms with Gasteiger partial charge in [-0.2, -0.15) is 0 Å². The van der Waals surface area contributed by atoms with E-state index in [1.165, 1.54) is 24.2 Å². The fourth-order valence-electron chi connectivity index (χ4n) is 1.88. The monoisotopic (exact) mass is 314 g/mol. The Labute approximate surface area is 104 Å². The highest BCUT2D eigenvalue weighted by Crippen LogP contribution is 2.26. The van der Waals surface area contributed by atoms with Crippen LogP contribution in [0.2, 0.25) is 0 Å². The Bertz CT molecular complexity index is 462. The number of hydrogen-bond acceptors (Lipinski definition) is 1. The van der Waals surface area contributed by atoms with Crippen LogP contribution in [0.15, 0.2) is 24.3 Å². The highest BCUT2D eigenvalue weighted by Gasteiger charge is 2.13. The number of fused-ring (bicyclic) bond motifs is 1. The summed E-state index contributed by atoms with van der Waals surface area (Å²) in [5, 5.41) is 0. The molecule has 0 spiro atoms. The molecule has 0 N–H and O–H groups in total. The lowest BCUT2D eigenvalue weighted by molar-refractivity contribution is 0.633. The molecule has 1 atom stereocenters. The molecule has 0 bridgehead atoms. The number of rotatable bonds is 3. The van der Waals surface area contributed by atoms with E-state index < -0.39 is 0 Å². The van der Waals surface area contributed by atoms with Gasteiger partial charge in [-0.1, -0.05) is 32.4 Å². The maximum atomic E-state index is 4.69. The van der Waals surface area contributed by atoms with Gasteiger partial charge in [-0.15, -0.1) is 0 Å². The van der Waals surface area contributed by atoms with Crippen LogP contribution in [-0.4, -0.2) is 7.76 Å². The van der Waals surface area contributed by atoms with E-state index in [9.17, 15) is 0 Å². The maximum absolute atomic E-state index is 4.69. The van der Waals surface area contributed by atoms with Gasteiger partial charge in [0.2, 0.25) is 0 Å². The molecule has 1 aromatic carbocycles. The van der Waals surface area contributed by atoms with Gasteiger partial charge >= 0.3 is 0 Å². The molecule has 1 aromatic heterocycles. The summed E-state index contributed by atoms with van der Waals surface area (Å²) in [7, 11) is 0. The van der Waals surface area contributed by atoms with Gasteiger partial charge in [0.15, 0.2) is 0 Å². The zero-order valence-corrected chi connectivity index (χ0v) is 11.2. The van der Waals surface area contributed by atoms with Crippen LogP contribution < -0.4 is 0 Å². The highest BCUT2D eigenvalue weighted by molar-refractivity contribution is 14.1. The predicted molar refractivity (Wildman–Crippen MR) is 72.5 cm³/mol. The quantitative estimate of drug-likeness (QED) is 0.779. The van der Waals surface area contributed by atoms with Gasteiger partial charge in [0.05, 0.1) is 33.9 Å². The van der Waals surface area contributed by atoms with Crippen LogP contribution in [0, 0.1) is 0 Å². The van der Waals surface area contributed by atoms with Crippen LogP contribution in [0.3, 0.4) is 0 Å². The standard InChI is InChI=1S/C12H15IN2/c1-3-6-9(2)12-14-10-7-4-5-8-11(10)15(12)13/h4-5,7-9H,3,6H2,1-2H3. The first-order valence-electron chi connectivity index (χ1n) is 5.37. The van der Waals surface area contributed by atoms with E-state index in [0.717, 1.165) is 5.52 Å². The third kappa shape index (κ3) is 2.02. The summed E-state index contributed by atoms with van der Waals surface area (Å²) in [5.74, 6) is 1.73. The topological polar surface area (TPSA) is 17.8 Å². The van der Waals surface area contributed by atoms with Crippen molar-refractivity contribution in [3.8, 4) is 0 Å². The molecule has 15 heavy (non-hydrogen) atoms. The molecule has 0 radical (unpaired) electrons. The molecular weight excluding hydrogens is 299 g/mol. The minimum Gasteiger partial charge on any atom is -0.268 e. The predicted octanol–water partition coefficient (Wildman–Crippen LogP) is 4.14. The summed E-state index contributed by atoms with van der Waals surface area (Å²) in [6.07, 6.45) is 2.41. The second-order valence-electron chi connectivity index (χ2n) is 3.93. The van der Waals surface area contributed by atoms with Gasteiger partial charge in [-0.05, 0) is 18.6 Å². The van der Waals surface area contributed by atoms with Crippen LogP contribution in [0.5, 0.6) is 0 Å². The lowest BCUT2D eigenvalue weighted by Gasteiger charge is -2.08. The molecular formula is C12H15IN2. The van der Waals surface area contributed by atoms with Crippen molar-refractivity contribution in [1.29, 1.82) is 0 Å². The van der Waals surface area contributed by atoms with E-state index in [1.807, 2.05) is 6.07 Å². The molecule has 0 saturated heterocycles. The Balaban J connectivity index is 2.48. The van der Waals surface area contributed by atoms with Gasteiger partial charge in [-0.3, -0.25) is 2.78 Å². The third-order valence-electron chi connectivity index (χ3n) is 2.69. The van der Waals surface area contributed by atoms with Crippen LogP contribution in [0.25, 0.3) is 11.0 Å². The number of para-hydroxylation sites is 2. The van der Waals surface area contributed by atoms with Crippen molar-refractivity contribution in [2.45, 2.75) is 32.6 Å². The molecule has 80 valence electrons. The molecule has 0 aliphatic heterocycles. The van der Waals surface area contributed by atoms with E-state index in [0.29, 0.717) is 5.92 Å². The van der Waals surface area contributed by atoms with Gasteiger partial charge < -0.3 is 0 Å². The van der Waals surface area contributed by atoms with E-state index >= 15 is 0 Å². The minimum absolute atomic E-state index is 0.541. The molecule has 3 heteroatoms. The third-order valence-corrected chi connectivity index (χ3v) is 3.71. The minimum atomic E-state index is 0.541. The molecule has 2 rings (SSSR count). The molecule has 0 amide bonds. The van der Waals surface area contributed by atoms with Crippen molar-refractivity contribution in [2.24, 2.45) is 0 Å². The van der Waals surface area contributed by atoms with Gasteiger partial charge in [0.25, 0.3) is 0 Å². The van der Waals surface area contributed by atoms with Crippen LogP contribution >= 0.6 is 22.9 Å². The van der Waals surface area contributed by atoms with Gasteiger partial charge in [-0.25, -0.2) is 4.98 Å². The lowest BCUT2D eigenvalue weighted by Crippen LogP contribution is -1.98. The zero-order valence-electron chi connectivity index (χ0n) is 9.07. The molecule has 0 saturated carbocycles. The Morgan fingerprint density at radius 2 is 2.13 bits per heavy atom. The Kier molecular flexibility index (Phi) is 3.29. The number of benzene rings is 1. The van der Waals surface area contributed by atoms with Crippen molar-refractivity contribution < 1.29 is 0 Å². The van der Waals surface area contributed by atoms with Gasteiger partial charge in [0.1, 0.15) is 5.82 Å². The molecule has 1 heterocycles. The number of nitrogens with zero attached hydrogens (tertiary/aromatic N) is 2.